The molecule has 3 rings (SSSR count). The standard InChI is InChI=1S/C21H26N2O3S/c1-16-5-11-20(12-6-16)27(25,26)15-17-7-9-18(10-8-17)21(24)23-13-3-2-4-19(23)14-22/h5-12,19H,2-4,13-15,22H2,1H3. The lowest BCUT2D eigenvalue weighted by atomic mass is 10.0. The van der Waals surface area contributed by atoms with Gasteiger partial charge in [-0.2, -0.15) is 0 Å². The number of sulfone groups is 1. The first-order chi connectivity index (χ1) is 12.9. The lowest BCUT2D eigenvalue weighted by Gasteiger charge is -2.35. The van der Waals surface area contributed by atoms with E-state index >= 15 is 0 Å². The molecule has 0 bridgehead atoms. The fourth-order valence-electron chi connectivity index (χ4n) is 3.47. The van der Waals surface area contributed by atoms with Crippen LogP contribution < -0.4 is 5.73 Å². The zero-order valence-corrected chi connectivity index (χ0v) is 16.4. The van der Waals surface area contributed by atoms with Gasteiger partial charge in [-0.05, 0) is 56.0 Å². The third-order valence-corrected chi connectivity index (χ3v) is 6.80. The van der Waals surface area contributed by atoms with Crippen molar-refractivity contribution >= 4 is 15.7 Å². The highest BCUT2D eigenvalue weighted by Gasteiger charge is 2.26. The average Bonchev–Trinajstić information content (AvgIpc) is 2.68. The first-order valence-electron chi connectivity index (χ1n) is 9.30. The molecule has 6 heteroatoms. The largest absolute Gasteiger partial charge is 0.334 e. The van der Waals surface area contributed by atoms with Crippen molar-refractivity contribution in [3.05, 3.63) is 65.2 Å². The molecule has 2 aromatic carbocycles. The number of likely N-dealkylation sites (tertiary alicyclic amines) is 1. The lowest BCUT2D eigenvalue weighted by molar-refractivity contribution is 0.0623. The van der Waals surface area contributed by atoms with Crippen LogP contribution in [0, 0.1) is 6.92 Å². The highest BCUT2D eigenvalue weighted by atomic mass is 32.2. The molecule has 0 spiro atoms. The van der Waals surface area contributed by atoms with E-state index < -0.39 is 9.84 Å². The van der Waals surface area contributed by atoms with E-state index in [0.29, 0.717) is 22.6 Å². The fraction of sp³-hybridized carbons (Fsp3) is 0.381. The monoisotopic (exact) mass is 386 g/mol. The summed E-state index contributed by atoms with van der Waals surface area (Å²) in [7, 11) is -3.41. The predicted molar refractivity (Wildman–Crippen MR) is 106 cm³/mol. The van der Waals surface area contributed by atoms with Gasteiger partial charge in [-0.25, -0.2) is 8.42 Å². The summed E-state index contributed by atoms with van der Waals surface area (Å²) in [6.45, 7) is 3.12. The van der Waals surface area contributed by atoms with Crippen LogP contribution >= 0.6 is 0 Å². The molecule has 1 atom stereocenters. The maximum Gasteiger partial charge on any atom is 0.254 e. The number of piperidine rings is 1. The second-order valence-electron chi connectivity index (χ2n) is 7.15. The molecule has 0 radical (unpaired) electrons. The molecule has 2 aromatic rings. The van der Waals surface area contributed by atoms with Crippen molar-refractivity contribution in [2.24, 2.45) is 5.73 Å². The molecule has 2 N–H and O–H groups in total. The van der Waals surface area contributed by atoms with E-state index in [2.05, 4.69) is 0 Å². The van der Waals surface area contributed by atoms with Crippen LogP contribution in [0.3, 0.4) is 0 Å². The molecule has 0 aliphatic carbocycles. The molecule has 1 fully saturated rings. The number of aryl methyl sites for hydroxylation is 1. The van der Waals surface area contributed by atoms with E-state index in [0.717, 1.165) is 31.4 Å². The minimum atomic E-state index is -3.41. The van der Waals surface area contributed by atoms with Crippen LogP contribution in [0.15, 0.2) is 53.4 Å². The summed E-state index contributed by atoms with van der Waals surface area (Å²) in [5, 5.41) is 0. The van der Waals surface area contributed by atoms with Crippen LogP contribution in [0.5, 0.6) is 0 Å². The summed E-state index contributed by atoms with van der Waals surface area (Å²) >= 11 is 0. The summed E-state index contributed by atoms with van der Waals surface area (Å²) in [6, 6.07) is 13.8. The van der Waals surface area contributed by atoms with Crippen molar-refractivity contribution in [3.8, 4) is 0 Å². The van der Waals surface area contributed by atoms with Crippen molar-refractivity contribution in [1.29, 1.82) is 0 Å². The van der Waals surface area contributed by atoms with Gasteiger partial charge in [0.1, 0.15) is 0 Å². The number of hydrogen-bond donors (Lipinski definition) is 1. The maximum absolute atomic E-state index is 12.8. The van der Waals surface area contributed by atoms with Crippen LogP contribution in [0.2, 0.25) is 0 Å². The third kappa shape index (κ3) is 4.57. The Bertz CT molecular complexity index is 890. The predicted octanol–water partition coefficient (Wildman–Crippen LogP) is 2.92. The van der Waals surface area contributed by atoms with Crippen LogP contribution in [-0.2, 0) is 15.6 Å². The van der Waals surface area contributed by atoms with E-state index in [-0.39, 0.29) is 17.7 Å². The molecule has 144 valence electrons. The number of carbonyl (C=O) groups excluding carboxylic acids is 1. The minimum Gasteiger partial charge on any atom is -0.334 e. The van der Waals surface area contributed by atoms with Crippen molar-refractivity contribution in [3.63, 3.8) is 0 Å². The molecule has 5 nitrogen and oxygen atoms in total. The van der Waals surface area contributed by atoms with Gasteiger partial charge in [-0.1, -0.05) is 29.8 Å². The third-order valence-electron chi connectivity index (χ3n) is 5.10. The Morgan fingerprint density at radius 3 is 2.37 bits per heavy atom. The highest BCUT2D eigenvalue weighted by molar-refractivity contribution is 7.90. The topological polar surface area (TPSA) is 80.5 Å². The smallest absolute Gasteiger partial charge is 0.254 e. The number of amides is 1. The molecule has 27 heavy (non-hydrogen) atoms. The molecule has 1 unspecified atom stereocenters. The maximum atomic E-state index is 12.8. The Hall–Kier alpha value is -2.18. The minimum absolute atomic E-state index is 0.0295. The number of benzene rings is 2. The van der Waals surface area contributed by atoms with E-state index in [1.165, 1.54) is 0 Å². The molecular weight excluding hydrogens is 360 g/mol. The number of nitrogens with zero attached hydrogens (tertiary/aromatic N) is 1. The molecule has 1 aliphatic rings. The number of carbonyl (C=O) groups is 1. The van der Waals surface area contributed by atoms with E-state index in [4.69, 9.17) is 5.73 Å². The second-order valence-corrected chi connectivity index (χ2v) is 9.14. The Balaban J connectivity index is 1.73. The zero-order valence-electron chi connectivity index (χ0n) is 15.6. The summed E-state index contributed by atoms with van der Waals surface area (Å²) in [5.74, 6) is -0.113. The van der Waals surface area contributed by atoms with Crippen LogP contribution in [0.25, 0.3) is 0 Å². The second kappa shape index (κ2) is 8.23. The van der Waals surface area contributed by atoms with Crippen LogP contribution in [0.1, 0.15) is 40.7 Å². The molecule has 1 heterocycles. The fourth-order valence-corrected chi connectivity index (χ4v) is 4.82. The van der Waals surface area contributed by atoms with Gasteiger partial charge >= 0.3 is 0 Å². The molecule has 1 saturated heterocycles. The summed E-state index contributed by atoms with van der Waals surface area (Å²) in [5.41, 5.74) is 8.07. The van der Waals surface area contributed by atoms with Gasteiger partial charge in [0, 0.05) is 24.7 Å². The Morgan fingerprint density at radius 1 is 1.07 bits per heavy atom. The summed E-state index contributed by atoms with van der Waals surface area (Å²) in [6.07, 6.45) is 3.03. The Kier molecular flexibility index (Phi) is 5.97. The van der Waals surface area contributed by atoms with Crippen molar-refractivity contribution in [1.82, 2.24) is 4.90 Å². The first-order valence-corrected chi connectivity index (χ1v) is 11.0. The highest BCUT2D eigenvalue weighted by Crippen LogP contribution is 2.21. The van der Waals surface area contributed by atoms with Crippen molar-refractivity contribution < 1.29 is 13.2 Å². The normalized spacial score (nSPS) is 17.7. The van der Waals surface area contributed by atoms with E-state index in [9.17, 15) is 13.2 Å². The Labute approximate surface area is 161 Å². The van der Waals surface area contributed by atoms with Crippen LogP contribution in [-0.4, -0.2) is 38.4 Å². The van der Waals surface area contributed by atoms with Gasteiger partial charge in [0.2, 0.25) is 0 Å². The van der Waals surface area contributed by atoms with Gasteiger partial charge < -0.3 is 10.6 Å². The molecule has 0 saturated carbocycles. The summed E-state index contributed by atoms with van der Waals surface area (Å²) < 4.78 is 25.1. The zero-order chi connectivity index (χ0) is 19.4. The van der Waals surface area contributed by atoms with Gasteiger partial charge in [-0.3, -0.25) is 4.79 Å². The molecular formula is C21H26N2O3S. The van der Waals surface area contributed by atoms with Crippen molar-refractivity contribution in [2.45, 2.75) is 42.9 Å². The number of hydrogen-bond acceptors (Lipinski definition) is 4. The van der Waals surface area contributed by atoms with Crippen molar-refractivity contribution in [2.75, 3.05) is 13.1 Å². The van der Waals surface area contributed by atoms with E-state index in [1.54, 1.807) is 48.5 Å². The van der Waals surface area contributed by atoms with Gasteiger partial charge in [-0.15, -0.1) is 0 Å². The summed E-state index contributed by atoms with van der Waals surface area (Å²) in [4.78, 5) is 14.9. The lowest BCUT2D eigenvalue weighted by Crippen LogP contribution is -2.47. The SMILES string of the molecule is Cc1ccc(S(=O)(=O)Cc2ccc(C(=O)N3CCCCC3CN)cc2)cc1. The number of rotatable bonds is 5. The van der Waals surface area contributed by atoms with Crippen LogP contribution in [0.4, 0.5) is 0 Å². The Morgan fingerprint density at radius 2 is 1.74 bits per heavy atom. The molecule has 1 amide bonds. The average molecular weight is 387 g/mol. The van der Waals surface area contributed by atoms with E-state index in [1.807, 2.05) is 11.8 Å². The molecule has 0 aromatic heterocycles. The number of nitrogens with two attached hydrogens (primary N) is 1. The van der Waals surface area contributed by atoms with Gasteiger partial charge in [0.15, 0.2) is 9.84 Å². The van der Waals surface area contributed by atoms with Gasteiger partial charge in [0.05, 0.1) is 10.6 Å². The molecule has 1 aliphatic heterocycles. The first kappa shape index (κ1) is 19.6. The van der Waals surface area contributed by atoms with Gasteiger partial charge in [0.25, 0.3) is 5.91 Å². The quantitative estimate of drug-likeness (QED) is 0.857.